The average Bonchev–Trinajstić information content (AvgIpc) is 2.47. The number of fused-ring (bicyclic) bond motifs is 1. The molecule has 0 spiro atoms. The van der Waals surface area contributed by atoms with Crippen LogP contribution in [0.2, 0.25) is 0 Å². The zero-order valence-electron chi connectivity index (χ0n) is 6.42. The van der Waals surface area contributed by atoms with Crippen LogP contribution in [0, 0.1) is 6.26 Å². The molecule has 0 unspecified atom stereocenters. The molecule has 0 fully saturated rings. The van der Waals surface area contributed by atoms with Crippen LogP contribution in [0.3, 0.4) is 0 Å². The van der Waals surface area contributed by atoms with Gasteiger partial charge in [-0.15, -0.1) is 0 Å². The quantitative estimate of drug-likeness (QED) is 0.601. The van der Waals surface area contributed by atoms with Crippen molar-refractivity contribution in [2.45, 2.75) is 13.3 Å². The topological polar surface area (TPSA) is 13.1 Å². The average molecular weight is 145 g/mol. The fourth-order valence-electron chi connectivity index (χ4n) is 1.24. The van der Waals surface area contributed by atoms with Crippen molar-refractivity contribution >= 4 is 11.0 Å². The fourth-order valence-corrected chi connectivity index (χ4v) is 1.24. The van der Waals surface area contributed by atoms with E-state index in [1.54, 1.807) is 0 Å². The molecule has 2 rings (SSSR count). The normalized spacial score (nSPS) is 10.6. The third-order valence-corrected chi connectivity index (χ3v) is 1.85. The number of rotatable bonds is 1. The van der Waals surface area contributed by atoms with Crippen molar-refractivity contribution in [2.24, 2.45) is 0 Å². The standard InChI is InChI=1S/C10H9O/c1-2-8-7-11-10-6-4-3-5-9(8)10/h3-6H,2H2,1H3. The fraction of sp³-hybridized carbons (Fsp3) is 0.200. The van der Waals surface area contributed by atoms with Crippen LogP contribution in [0.15, 0.2) is 28.7 Å². The molecule has 0 saturated carbocycles. The number of aryl methyl sites for hydroxylation is 1. The summed E-state index contributed by atoms with van der Waals surface area (Å²) in [6, 6.07) is 8.02. The van der Waals surface area contributed by atoms with E-state index in [1.807, 2.05) is 18.2 Å². The largest absolute Gasteiger partial charge is 0.452 e. The Bertz CT molecular complexity index is 360. The Morgan fingerprint density at radius 3 is 3.00 bits per heavy atom. The van der Waals surface area contributed by atoms with E-state index in [0.717, 1.165) is 12.0 Å². The summed E-state index contributed by atoms with van der Waals surface area (Å²) in [5.74, 6) is 0. The molecule has 0 aliphatic heterocycles. The first-order valence-electron chi connectivity index (χ1n) is 3.80. The van der Waals surface area contributed by atoms with Crippen LogP contribution in [-0.2, 0) is 6.42 Å². The number of para-hydroxylation sites is 1. The van der Waals surface area contributed by atoms with Gasteiger partial charge in [0.1, 0.15) is 5.58 Å². The van der Waals surface area contributed by atoms with Gasteiger partial charge >= 0.3 is 0 Å². The molecule has 2 aromatic rings. The molecule has 55 valence electrons. The lowest BCUT2D eigenvalue weighted by atomic mass is 10.1. The third-order valence-electron chi connectivity index (χ3n) is 1.85. The Morgan fingerprint density at radius 1 is 1.36 bits per heavy atom. The van der Waals surface area contributed by atoms with Crippen LogP contribution in [0.4, 0.5) is 0 Å². The molecule has 1 heterocycles. The zero-order valence-corrected chi connectivity index (χ0v) is 6.42. The summed E-state index contributed by atoms with van der Waals surface area (Å²) in [4.78, 5) is 0. The molecule has 0 atom stereocenters. The molecular formula is C10H9O. The van der Waals surface area contributed by atoms with Gasteiger partial charge in [0, 0.05) is 10.9 Å². The molecule has 0 saturated heterocycles. The van der Waals surface area contributed by atoms with Crippen molar-refractivity contribution in [1.29, 1.82) is 0 Å². The maximum absolute atomic E-state index is 5.21. The molecule has 1 nitrogen and oxygen atoms in total. The summed E-state index contributed by atoms with van der Waals surface area (Å²) in [6.45, 7) is 2.10. The molecular weight excluding hydrogens is 136 g/mol. The predicted molar refractivity (Wildman–Crippen MR) is 44.4 cm³/mol. The Balaban J connectivity index is 2.76. The second kappa shape index (κ2) is 2.42. The van der Waals surface area contributed by atoms with Gasteiger partial charge in [-0.1, -0.05) is 25.1 Å². The Kier molecular flexibility index (Phi) is 1.42. The monoisotopic (exact) mass is 145 g/mol. The minimum atomic E-state index is 0.935. The Labute approximate surface area is 65.6 Å². The van der Waals surface area contributed by atoms with E-state index >= 15 is 0 Å². The molecule has 1 heteroatoms. The summed E-state index contributed by atoms with van der Waals surface area (Å²) in [6.07, 6.45) is 3.87. The van der Waals surface area contributed by atoms with Crippen molar-refractivity contribution in [1.82, 2.24) is 0 Å². The lowest BCUT2D eigenvalue weighted by Crippen LogP contribution is -1.73. The Hall–Kier alpha value is -1.24. The van der Waals surface area contributed by atoms with Gasteiger partial charge in [0.15, 0.2) is 6.26 Å². The lowest BCUT2D eigenvalue weighted by Gasteiger charge is -1.88. The molecule has 1 aromatic carbocycles. The van der Waals surface area contributed by atoms with Crippen molar-refractivity contribution in [3.63, 3.8) is 0 Å². The summed E-state index contributed by atoms with van der Waals surface area (Å²) in [7, 11) is 0. The zero-order chi connectivity index (χ0) is 7.68. The second-order valence-electron chi connectivity index (χ2n) is 2.53. The van der Waals surface area contributed by atoms with Gasteiger partial charge in [0.2, 0.25) is 0 Å². The highest BCUT2D eigenvalue weighted by Gasteiger charge is 2.01. The summed E-state index contributed by atoms with van der Waals surface area (Å²) in [5.41, 5.74) is 2.10. The minimum Gasteiger partial charge on any atom is -0.452 e. The highest BCUT2D eigenvalue weighted by molar-refractivity contribution is 5.80. The summed E-state index contributed by atoms with van der Waals surface area (Å²) >= 11 is 0. The smallest absolute Gasteiger partial charge is 0.174 e. The first-order valence-corrected chi connectivity index (χ1v) is 3.80. The van der Waals surface area contributed by atoms with Crippen molar-refractivity contribution in [3.8, 4) is 0 Å². The number of benzene rings is 1. The van der Waals surface area contributed by atoms with Gasteiger partial charge in [0.25, 0.3) is 0 Å². The van der Waals surface area contributed by atoms with E-state index in [9.17, 15) is 0 Å². The van der Waals surface area contributed by atoms with Gasteiger partial charge in [0.05, 0.1) is 0 Å². The van der Waals surface area contributed by atoms with Crippen molar-refractivity contribution < 1.29 is 4.42 Å². The van der Waals surface area contributed by atoms with E-state index in [4.69, 9.17) is 4.42 Å². The van der Waals surface area contributed by atoms with Gasteiger partial charge < -0.3 is 4.42 Å². The third kappa shape index (κ3) is 0.929. The molecule has 11 heavy (non-hydrogen) atoms. The second-order valence-corrected chi connectivity index (χ2v) is 2.53. The number of hydrogen-bond acceptors (Lipinski definition) is 1. The molecule has 0 aliphatic carbocycles. The van der Waals surface area contributed by atoms with E-state index in [1.165, 1.54) is 10.9 Å². The van der Waals surface area contributed by atoms with E-state index in [-0.39, 0.29) is 0 Å². The molecule has 1 aromatic heterocycles. The Morgan fingerprint density at radius 2 is 2.18 bits per heavy atom. The van der Waals surface area contributed by atoms with Crippen molar-refractivity contribution in [2.75, 3.05) is 0 Å². The van der Waals surface area contributed by atoms with Crippen LogP contribution < -0.4 is 0 Å². The highest BCUT2D eigenvalue weighted by atomic mass is 16.3. The minimum absolute atomic E-state index is 0.935. The summed E-state index contributed by atoms with van der Waals surface area (Å²) in [5, 5.41) is 1.19. The van der Waals surface area contributed by atoms with Crippen LogP contribution in [0.25, 0.3) is 11.0 Å². The van der Waals surface area contributed by atoms with Gasteiger partial charge in [-0.2, -0.15) is 0 Å². The van der Waals surface area contributed by atoms with Crippen LogP contribution >= 0.6 is 0 Å². The molecule has 0 aliphatic rings. The lowest BCUT2D eigenvalue weighted by molar-refractivity contribution is 0.601. The molecule has 0 N–H and O–H groups in total. The van der Waals surface area contributed by atoms with E-state index in [2.05, 4.69) is 19.3 Å². The molecule has 0 bridgehead atoms. The molecule has 1 radical (unpaired) electrons. The molecule has 0 amide bonds. The highest BCUT2D eigenvalue weighted by Crippen LogP contribution is 2.19. The van der Waals surface area contributed by atoms with Gasteiger partial charge in [-0.05, 0) is 12.5 Å². The number of hydrogen-bond donors (Lipinski definition) is 0. The van der Waals surface area contributed by atoms with Crippen LogP contribution in [-0.4, -0.2) is 0 Å². The maximum Gasteiger partial charge on any atom is 0.174 e. The number of furan rings is 1. The van der Waals surface area contributed by atoms with Crippen molar-refractivity contribution in [3.05, 3.63) is 36.1 Å². The van der Waals surface area contributed by atoms with E-state index < -0.39 is 0 Å². The predicted octanol–water partition coefficient (Wildman–Crippen LogP) is 2.80. The SMILES string of the molecule is CCc1[c]oc2ccccc12. The van der Waals surface area contributed by atoms with Crippen LogP contribution in [0.1, 0.15) is 12.5 Å². The van der Waals surface area contributed by atoms with Gasteiger partial charge in [-0.25, -0.2) is 0 Å². The van der Waals surface area contributed by atoms with Gasteiger partial charge in [-0.3, -0.25) is 0 Å². The first-order chi connectivity index (χ1) is 5.42. The maximum atomic E-state index is 5.21. The first kappa shape index (κ1) is 6.47. The van der Waals surface area contributed by atoms with E-state index in [0.29, 0.717) is 0 Å². The van der Waals surface area contributed by atoms with Crippen LogP contribution in [0.5, 0.6) is 0 Å². The summed E-state index contributed by atoms with van der Waals surface area (Å²) < 4.78 is 5.21.